The molecule has 4 amide bonds. The standard InChI is InChI=1S/C25H25ClFN5O5/c1-12-3-2-4-13-7-15(30-31-22(12)13)11-37-25(36)28-9-14-8-17(26)16-10-32(24(35)20(16)21(14)27)18-5-6-19(33)29-23(18)34/h7-8,12,18H,2-6,9-11H2,1H3,(H,28,36)(H,29,33,34). The van der Waals surface area contributed by atoms with Gasteiger partial charge in [0.1, 0.15) is 24.2 Å². The van der Waals surface area contributed by atoms with Gasteiger partial charge in [-0.05, 0) is 43.4 Å². The Labute approximate surface area is 216 Å². The SMILES string of the molecule is CC1CCCc2cc(COC(=O)NCc3cc(Cl)c4c(c3F)C(=O)N(C3CCC(=O)NC3=O)C4)nnc21. The van der Waals surface area contributed by atoms with Crippen molar-refractivity contribution in [3.05, 3.63) is 56.6 Å². The third-order valence-corrected chi connectivity index (χ3v) is 7.40. The quantitative estimate of drug-likeness (QED) is 0.569. The van der Waals surface area contributed by atoms with Crippen LogP contribution in [0.25, 0.3) is 0 Å². The van der Waals surface area contributed by atoms with Crippen molar-refractivity contribution in [2.75, 3.05) is 0 Å². The van der Waals surface area contributed by atoms with Gasteiger partial charge < -0.3 is 15.0 Å². The highest BCUT2D eigenvalue weighted by molar-refractivity contribution is 6.32. The van der Waals surface area contributed by atoms with E-state index in [-0.39, 0.29) is 54.3 Å². The van der Waals surface area contributed by atoms with E-state index in [1.807, 2.05) is 6.07 Å². The fourth-order valence-corrected chi connectivity index (χ4v) is 5.39. The number of ether oxygens (including phenoxy) is 1. The average Bonchev–Trinajstić information content (AvgIpc) is 3.22. The van der Waals surface area contributed by atoms with Crippen molar-refractivity contribution in [1.29, 1.82) is 0 Å². The minimum absolute atomic E-state index is 0.00161. The molecule has 2 unspecified atom stereocenters. The number of benzene rings is 1. The zero-order chi connectivity index (χ0) is 26.3. The van der Waals surface area contributed by atoms with Crippen molar-refractivity contribution in [1.82, 2.24) is 25.7 Å². The molecule has 1 aromatic carbocycles. The van der Waals surface area contributed by atoms with Crippen molar-refractivity contribution in [3.8, 4) is 0 Å². The summed E-state index contributed by atoms with van der Waals surface area (Å²) in [5.74, 6) is -2.17. The third-order valence-electron chi connectivity index (χ3n) is 7.06. The van der Waals surface area contributed by atoms with Gasteiger partial charge in [-0.3, -0.25) is 19.7 Å². The Morgan fingerprint density at radius 1 is 1.24 bits per heavy atom. The molecule has 1 aromatic heterocycles. The Morgan fingerprint density at radius 2 is 2.05 bits per heavy atom. The van der Waals surface area contributed by atoms with Gasteiger partial charge in [0.25, 0.3) is 5.91 Å². The summed E-state index contributed by atoms with van der Waals surface area (Å²) in [5, 5.41) is 13.2. The van der Waals surface area contributed by atoms with E-state index >= 15 is 4.39 Å². The maximum atomic E-state index is 15.3. The second kappa shape index (κ2) is 10.0. The van der Waals surface area contributed by atoms with Gasteiger partial charge in [0.2, 0.25) is 11.8 Å². The van der Waals surface area contributed by atoms with Crippen LogP contribution in [0.5, 0.6) is 0 Å². The molecule has 10 nitrogen and oxygen atoms in total. The van der Waals surface area contributed by atoms with Crippen molar-refractivity contribution in [2.45, 2.75) is 70.7 Å². The highest BCUT2D eigenvalue weighted by atomic mass is 35.5. The summed E-state index contributed by atoms with van der Waals surface area (Å²) in [4.78, 5) is 50.2. The Hall–Kier alpha value is -3.60. The summed E-state index contributed by atoms with van der Waals surface area (Å²) in [5.41, 5.74) is 2.64. The number of carbonyl (C=O) groups excluding carboxylic acids is 4. The largest absolute Gasteiger partial charge is 0.443 e. The first-order chi connectivity index (χ1) is 17.7. The topological polar surface area (TPSA) is 131 Å². The lowest BCUT2D eigenvalue weighted by Gasteiger charge is -2.29. The highest BCUT2D eigenvalue weighted by Crippen LogP contribution is 2.35. The zero-order valence-electron chi connectivity index (χ0n) is 20.1. The van der Waals surface area contributed by atoms with E-state index in [4.69, 9.17) is 16.3 Å². The van der Waals surface area contributed by atoms with E-state index in [1.165, 1.54) is 11.0 Å². The number of carbonyl (C=O) groups is 4. The van der Waals surface area contributed by atoms with Gasteiger partial charge >= 0.3 is 6.09 Å². The summed E-state index contributed by atoms with van der Waals surface area (Å²) in [6.07, 6.45) is 2.50. The molecule has 3 heterocycles. The van der Waals surface area contributed by atoms with Crippen molar-refractivity contribution in [2.24, 2.45) is 0 Å². The second-order valence-corrected chi connectivity index (χ2v) is 9.96. The Morgan fingerprint density at radius 3 is 2.84 bits per heavy atom. The van der Waals surface area contributed by atoms with Gasteiger partial charge in [0.15, 0.2) is 0 Å². The Kier molecular flexibility index (Phi) is 6.80. The first kappa shape index (κ1) is 25.1. The van der Waals surface area contributed by atoms with Gasteiger partial charge in [0, 0.05) is 41.6 Å². The number of halogens is 2. The number of hydrogen-bond donors (Lipinski definition) is 2. The lowest BCUT2D eigenvalue weighted by molar-refractivity contribution is -0.136. The van der Waals surface area contributed by atoms with E-state index in [0.29, 0.717) is 11.6 Å². The minimum atomic E-state index is -0.889. The zero-order valence-corrected chi connectivity index (χ0v) is 20.9. The lowest BCUT2D eigenvalue weighted by Crippen LogP contribution is -2.52. The van der Waals surface area contributed by atoms with E-state index in [1.54, 1.807) is 0 Å². The Balaban J connectivity index is 1.22. The number of aromatic nitrogens is 2. The molecule has 0 bridgehead atoms. The summed E-state index contributed by atoms with van der Waals surface area (Å²) in [6.45, 7) is 1.71. The lowest BCUT2D eigenvalue weighted by atomic mass is 9.88. The molecule has 0 radical (unpaired) electrons. The van der Waals surface area contributed by atoms with Crippen molar-refractivity contribution < 1.29 is 28.3 Å². The number of fused-ring (bicyclic) bond motifs is 2. The molecule has 1 aliphatic carbocycles. The van der Waals surface area contributed by atoms with Gasteiger partial charge in [-0.25, -0.2) is 9.18 Å². The minimum Gasteiger partial charge on any atom is -0.443 e. The molecule has 2 atom stereocenters. The van der Waals surface area contributed by atoms with Gasteiger partial charge in [-0.2, -0.15) is 10.2 Å². The van der Waals surface area contributed by atoms with Crippen LogP contribution in [0.2, 0.25) is 5.02 Å². The maximum absolute atomic E-state index is 15.3. The van der Waals surface area contributed by atoms with Crippen LogP contribution in [-0.2, 0) is 40.4 Å². The summed E-state index contributed by atoms with van der Waals surface area (Å²) >= 11 is 6.34. The van der Waals surface area contributed by atoms with Crippen molar-refractivity contribution >= 4 is 35.4 Å². The highest BCUT2D eigenvalue weighted by Gasteiger charge is 2.42. The molecule has 1 fully saturated rings. The number of aryl methyl sites for hydroxylation is 1. The van der Waals surface area contributed by atoms with Crippen LogP contribution < -0.4 is 10.6 Å². The molecule has 2 aliphatic heterocycles. The number of alkyl carbamates (subject to hydrolysis) is 1. The second-order valence-electron chi connectivity index (χ2n) is 9.55. The molecule has 194 valence electrons. The molecule has 2 N–H and O–H groups in total. The molecular formula is C25H25ClFN5O5. The first-order valence-electron chi connectivity index (χ1n) is 12.1. The average molecular weight is 530 g/mol. The summed E-state index contributed by atoms with van der Waals surface area (Å²) in [6, 6.07) is 2.35. The molecule has 0 spiro atoms. The van der Waals surface area contributed by atoms with Crippen LogP contribution in [0.3, 0.4) is 0 Å². The Bertz CT molecular complexity index is 1320. The van der Waals surface area contributed by atoms with E-state index in [2.05, 4.69) is 27.8 Å². The number of imide groups is 1. The normalized spacial score (nSPS) is 20.8. The number of rotatable bonds is 5. The van der Waals surface area contributed by atoms with Crippen molar-refractivity contribution in [3.63, 3.8) is 0 Å². The predicted molar refractivity (Wildman–Crippen MR) is 128 cm³/mol. The van der Waals surface area contributed by atoms with Crippen LogP contribution in [0, 0.1) is 5.82 Å². The van der Waals surface area contributed by atoms with Gasteiger partial charge in [0.05, 0.1) is 11.3 Å². The monoisotopic (exact) mass is 529 g/mol. The molecule has 37 heavy (non-hydrogen) atoms. The maximum Gasteiger partial charge on any atom is 0.407 e. The molecule has 5 rings (SSSR count). The van der Waals surface area contributed by atoms with Crippen LogP contribution >= 0.6 is 11.6 Å². The third kappa shape index (κ3) is 4.87. The molecule has 3 aliphatic rings. The smallest absolute Gasteiger partial charge is 0.407 e. The fraction of sp³-hybridized carbons (Fsp3) is 0.440. The number of hydrogen-bond acceptors (Lipinski definition) is 7. The van der Waals surface area contributed by atoms with Crippen LogP contribution in [0.4, 0.5) is 9.18 Å². The summed E-state index contributed by atoms with van der Waals surface area (Å²) < 4.78 is 20.5. The van der Waals surface area contributed by atoms with Gasteiger partial charge in [-0.1, -0.05) is 18.5 Å². The number of amides is 4. The van der Waals surface area contributed by atoms with Crippen LogP contribution in [-0.4, -0.2) is 45.0 Å². The van der Waals surface area contributed by atoms with E-state index < -0.39 is 35.7 Å². The van der Waals surface area contributed by atoms with Crippen LogP contribution in [0.1, 0.15) is 77.0 Å². The van der Waals surface area contributed by atoms with E-state index in [9.17, 15) is 19.2 Å². The number of nitrogens with zero attached hydrogens (tertiary/aromatic N) is 3. The number of piperidine rings is 1. The molecular weight excluding hydrogens is 505 g/mol. The molecule has 1 saturated heterocycles. The van der Waals surface area contributed by atoms with Gasteiger partial charge in [-0.15, -0.1) is 0 Å². The van der Waals surface area contributed by atoms with E-state index in [0.717, 1.165) is 30.5 Å². The molecule has 12 heteroatoms. The fourth-order valence-electron chi connectivity index (χ4n) is 5.10. The number of nitrogens with one attached hydrogen (secondary N) is 2. The summed E-state index contributed by atoms with van der Waals surface area (Å²) in [7, 11) is 0. The molecule has 2 aromatic rings. The molecule has 0 saturated carbocycles. The van der Waals surface area contributed by atoms with Crippen LogP contribution in [0.15, 0.2) is 12.1 Å². The predicted octanol–water partition coefficient (Wildman–Crippen LogP) is 2.90. The first-order valence-corrected chi connectivity index (χ1v) is 12.5.